The van der Waals surface area contributed by atoms with Crippen molar-refractivity contribution in [2.45, 2.75) is 36.4 Å². The van der Waals surface area contributed by atoms with Crippen LogP contribution in [0.2, 0.25) is 0 Å². The van der Waals surface area contributed by atoms with Crippen LogP contribution in [-0.2, 0) is 19.0 Å². The minimum absolute atomic E-state index is 0.109. The number of rotatable bonds is 3. The van der Waals surface area contributed by atoms with Gasteiger partial charge >= 0.3 is 0 Å². The van der Waals surface area contributed by atoms with Gasteiger partial charge in [0, 0.05) is 0 Å². The van der Waals surface area contributed by atoms with E-state index in [9.17, 15) is 23.7 Å². The zero-order valence-electron chi connectivity index (χ0n) is 10.7. The third-order valence-corrected chi connectivity index (χ3v) is 4.32. The highest BCUT2D eigenvalue weighted by Crippen LogP contribution is 2.22. The third kappa shape index (κ3) is 3.17. The molecule has 0 aromatic heterocycles. The average Bonchev–Trinajstić information content (AvgIpc) is 2.40. The summed E-state index contributed by atoms with van der Waals surface area (Å²) >= 11 is 0. The second-order valence-electron chi connectivity index (χ2n) is 4.61. The molecular weight excluding hydrogens is 288 g/mol. The van der Waals surface area contributed by atoms with Gasteiger partial charge < -0.3 is 20.1 Å². The Morgan fingerprint density at radius 3 is 2.40 bits per heavy atom. The number of hydrogen-bond acceptors (Lipinski definition) is 7. The van der Waals surface area contributed by atoms with Crippen LogP contribution in [-0.4, -0.2) is 54.9 Å². The predicted molar refractivity (Wildman–Crippen MR) is 67.2 cm³/mol. The smallest absolute Gasteiger partial charge is 0.297 e. The van der Waals surface area contributed by atoms with Gasteiger partial charge in [0.25, 0.3) is 10.1 Å². The Labute approximate surface area is 116 Å². The maximum Gasteiger partial charge on any atom is 0.297 e. The summed E-state index contributed by atoms with van der Waals surface area (Å²) < 4.78 is 33.6. The molecule has 4 unspecified atom stereocenters. The Kier molecular flexibility index (Phi) is 4.43. The van der Waals surface area contributed by atoms with Crippen LogP contribution in [0.3, 0.4) is 0 Å². The molecule has 0 radical (unpaired) electrons. The van der Waals surface area contributed by atoms with Crippen molar-refractivity contribution in [1.29, 1.82) is 0 Å². The molecule has 0 aliphatic carbocycles. The van der Waals surface area contributed by atoms with Gasteiger partial charge in [-0.25, -0.2) is 0 Å². The highest BCUT2D eigenvalue weighted by Gasteiger charge is 2.41. The van der Waals surface area contributed by atoms with E-state index < -0.39 is 34.7 Å². The summed E-state index contributed by atoms with van der Waals surface area (Å²) in [6.07, 6.45) is -6.09. The van der Waals surface area contributed by atoms with E-state index in [-0.39, 0.29) is 11.5 Å². The topological polar surface area (TPSA) is 113 Å². The molecule has 3 N–H and O–H groups in total. The molecule has 1 aliphatic rings. The van der Waals surface area contributed by atoms with E-state index in [1.807, 2.05) is 0 Å². The quantitative estimate of drug-likeness (QED) is 0.623. The molecule has 112 valence electrons. The fourth-order valence-electron chi connectivity index (χ4n) is 1.79. The summed E-state index contributed by atoms with van der Waals surface area (Å²) in [7, 11) is -4.18. The highest BCUT2D eigenvalue weighted by atomic mass is 32.2. The molecule has 2 rings (SSSR count). The number of aryl methyl sites for hydroxylation is 1. The maximum absolute atomic E-state index is 12.0. The van der Waals surface area contributed by atoms with Crippen LogP contribution in [0.15, 0.2) is 29.2 Å². The van der Waals surface area contributed by atoms with Gasteiger partial charge in [-0.2, -0.15) is 8.42 Å². The summed E-state index contributed by atoms with van der Waals surface area (Å²) in [5.74, 6) is 0. The average molecular weight is 304 g/mol. The second-order valence-corrected chi connectivity index (χ2v) is 6.18. The van der Waals surface area contributed by atoms with E-state index >= 15 is 0 Å². The van der Waals surface area contributed by atoms with E-state index in [0.717, 1.165) is 5.56 Å². The zero-order valence-corrected chi connectivity index (χ0v) is 11.5. The van der Waals surface area contributed by atoms with Gasteiger partial charge in [0.2, 0.25) is 0 Å². The third-order valence-electron chi connectivity index (χ3n) is 3.00. The van der Waals surface area contributed by atoms with E-state index in [1.54, 1.807) is 19.1 Å². The summed E-state index contributed by atoms with van der Waals surface area (Å²) in [5, 5.41) is 28.6. The lowest BCUT2D eigenvalue weighted by atomic mass is 10.1. The molecule has 4 atom stereocenters. The normalized spacial score (nSPS) is 31.2. The SMILES string of the molecule is Cc1ccc(S(=O)(=O)OC2C(O)OCC(O)C2O)cc1. The zero-order chi connectivity index (χ0) is 14.9. The van der Waals surface area contributed by atoms with Crippen LogP contribution in [0.1, 0.15) is 5.56 Å². The van der Waals surface area contributed by atoms with E-state index in [1.165, 1.54) is 12.1 Å². The van der Waals surface area contributed by atoms with Crippen molar-refractivity contribution >= 4 is 10.1 Å². The van der Waals surface area contributed by atoms with Gasteiger partial charge in [0.15, 0.2) is 12.4 Å². The van der Waals surface area contributed by atoms with Crippen LogP contribution >= 0.6 is 0 Å². The molecule has 1 aliphatic heterocycles. The molecule has 0 amide bonds. The van der Waals surface area contributed by atoms with Crippen LogP contribution in [0.5, 0.6) is 0 Å². The van der Waals surface area contributed by atoms with Gasteiger partial charge in [0.05, 0.1) is 11.5 Å². The summed E-state index contributed by atoms with van der Waals surface area (Å²) in [6.45, 7) is 1.50. The molecule has 1 saturated heterocycles. The Morgan fingerprint density at radius 2 is 1.80 bits per heavy atom. The van der Waals surface area contributed by atoms with Gasteiger partial charge in [-0.15, -0.1) is 0 Å². The van der Waals surface area contributed by atoms with E-state index in [0.29, 0.717) is 0 Å². The monoisotopic (exact) mass is 304 g/mol. The maximum atomic E-state index is 12.0. The number of aliphatic hydroxyl groups excluding tert-OH is 3. The van der Waals surface area contributed by atoms with E-state index in [4.69, 9.17) is 8.92 Å². The standard InChI is InChI=1S/C12H16O7S/c1-7-2-4-8(5-3-7)20(16,17)19-11-10(14)9(13)6-18-12(11)15/h2-5,9-15H,6H2,1H3. The second kappa shape index (κ2) is 5.76. The van der Waals surface area contributed by atoms with Crippen molar-refractivity contribution in [2.75, 3.05) is 6.61 Å². The van der Waals surface area contributed by atoms with Gasteiger partial charge in [0.1, 0.15) is 12.2 Å². The summed E-state index contributed by atoms with van der Waals surface area (Å²) in [6, 6.07) is 5.89. The van der Waals surface area contributed by atoms with Crippen molar-refractivity contribution in [3.63, 3.8) is 0 Å². The number of hydrogen-bond donors (Lipinski definition) is 3. The lowest BCUT2D eigenvalue weighted by Gasteiger charge is -2.34. The molecule has 1 heterocycles. The first kappa shape index (κ1) is 15.4. The molecule has 1 aromatic carbocycles. The Morgan fingerprint density at radius 1 is 1.20 bits per heavy atom. The number of ether oxygens (including phenoxy) is 1. The molecule has 8 heteroatoms. The van der Waals surface area contributed by atoms with Gasteiger partial charge in [-0.1, -0.05) is 17.7 Å². The van der Waals surface area contributed by atoms with Crippen molar-refractivity contribution < 1.29 is 32.7 Å². The van der Waals surface area contributed by atoms with Crippen molar-refractivity contribution in [3.8, 4) is 0 Å². The van der Waals surface area contributed by atoms with Crippen molar-refractivity contribution in [2.24, 2.45) is 0 Å². The predicted octanol–water partition coefficient (Wildman–Crippen LogP) is -0.861. The molecule has 1 fully saturated rings. The first-order chi connectivity index (χ1) is 9.31. The minimum atomic E-state index is -4.18. The van der Waals surface area contributed by atoms with E-state index in [2.05, 4.69) is 0 Å². The van der Waals surface area contributed by atoms with Crippen LogP contribution < -0.4 is 0 Å². The van der Waals surface area contributed by atoms with Crippen LogP contribution in [0.4, 0.5) is 0 Å². The van der Waals surface area contributed by atoms with Gasteiger partial charge in [-0.3, -0.25) is 4.18 Å². The molecular formula is C12H16O7S. The Balaban J connectivity index is 2.20. The number of aliphatic hydroxyl groups is 3. The van der Waals surface area contributed by atoms with Crippen LogP contribution in [0.25, 0.3) is 0 Å². The Bertz CT molecular complexity index is 554. The lowest BCUT2D eigenvalue weighted by molar-refractivity contribution is -0.244. The Hall–Kier alpha value is -1.03. The first-order valence-electron chi connectivity index (χ1n) is 5.97. The largest absolute Gasteiger partial charge is 0.388 e. The van der Waals surface area contributed by atoms with Crippen molar-refractivity contribution in [1.82, 2.24) is 0 Å². The van der Waals surface area contributed by atoms with Crippen LogP contribution in [0, 0.1) is 6.92 Å². The fraction of sp³-hybridized carbons (Fsp3) is 0.500. The molecule has 0 bridgehead atoms. The molecule has 1 aromatic rings. The number of benzene rings is 1. The minimum Gasteiger partial charge on any atom is -0.388 e. The first-order valence-corrected chi connectivity index (χ1v) is 7.38. The lowest BCUT2D eigenvalue weighted by Crippen LogP contribution is -2.54. The summed E-state index contributed by atoms with van der Waals surface area (Å²) in [5.41, 5.74) is 0.875. The highest BCUT2D eigenvalue weighted by molar-refractivity contribution is 7.86. The fourth-order valence-corrected chi connectivity index (χ4v) is 2.87. The molecule has 0 saturated carbocycles. The molecule has 7 nitrogen and oxygen atoms in total. The summed E-state index contributed by atoms with van der Waals surface area (Å²) in [4.78, 5) is -0.109. The molecule has 0 spiro atoms. The molecule has 20 heavy (non-hydrogen) atoms. The van der Waals surface area contributed by atoms with Gasteiger partial charge in [-0.05, 0) is 19.1 Å². The van der Waals surface area contributed by atoms with Crippen molar-refractivity contribution in [3.05, 3.63) is 29.8 Å².